The van der Waals surface area contributed by atoms with Crippen LogP contribution in [0.5, 0.6) is 0 Å². The number of aryl methyl sites for hydroxylation is 1. The maximum atomic E-state index is 6.15. The molecule has 0 aliphatic rings. The van der Waals surface area contributed by atoms with Gasteiger partial charge in [-0.1, -0.05) is 49.5 Å². The van der Waals surface area contributed by atoms with E-state index >= 15 is 0 Å². The molecule has 0 aliphatic heterocycles. The highest BCUT2D eigenvalue weighted by atomic mass is 79.9. The molecule has 1 heterocycles. The van der Waals surface area contributed by atoms with Crippen molar-refractivity contribution in [3.8, 4) is 0 Å². The van der Waals surface area contributed by atoms with Crippen molar-refractivity contribution in [1.29, 1.82) is 0 Å². The van der Waals surface area contributed by atoms with Gasteiger partial charge in [-0.3, -0.25) is 10.5 Å². The van der Waals surface area contributed by atoms with Gasteiger partial charge in [0, 0.05) is 16.0 Å². The molecule has 0 saturated carbocycles. The second-order valence-electron chi connectivity index (χ2n) is 3.77. The van der Waals surface area contributed by atoms with Gasteiger partial charge in [0.15, 0.2) is 0 Å². The highest BCUT2D eigenvalue weighted by Gasteiger charge is 2.21. The van der Waals surface area contributed by atoms with Crippen LogP contribution in [0.1, 0.15) is 17.3 Å². The SMILES string of the molecule is Cn1ncc(Cl)c1C(NN)c1ccc(Br)cc1Br. The lowest BCUT2D eigenvalue weighted by Gasteiger charge is -2.19. The fourth-order valence-corrected chi connectivity index (χ4v) is 3.35. The second kappa shape index (κ2) is 5.71. The number of nitrogens with one attached hydrogen (secondary N) is 1. The standard InChI is InChI=1S/C11H11Br2ClN4/c1-18-11(9(14)5-16-18)10(17-15)7-3-2-6(12)4-8(7)13/h2-5,10,17H,15H2,1H3. The largest absolute Gasteiger partial charge is 0.271 e. The predicted molar refractivity (Wildman–Crippen MR) is 79.2 cm³/mol. The lowest BCUT2D eigenvalue weighted by Crippen LogP contribution is -2.30. The van der Waals surface area contributed by atoms with E-state index in [1.807, 2.05) is 25.2 Å². The molecule has 1 aromatic heterocycles. The number of hydrogen-bond acceptors (Lipinski definition) is 3. The van der Waals surface area contributed by atoms with Crippen molar-refractivity contribution in [1.82, 2.24) is 15.2 Å². The number of halogens is 3. The van der Waals surface area contributed by atoms with Crippen LogP contribution in [-0.2, 0) is 7.05 Å². The molecule has 4 nitrogen and oxygen atoms in total. The highest BCUT2D eigenvalue weighted by Crippen LogP contribution is 2.33. The van der Waals surface area contributed by atoms with Gasteiger partial charge in [-0.25, -0.2) is 5.43 Å². The van der Waals surface area contributed by atoms with Gasteiger partial charge in [0.2, 0.25) is 0 Å². The third-order valence-corrected chi connectivity index (χ3v) is 4.12. The number of rotatable bonds is 3. The van der Waals surface area contributed by atoms with Crippen LogP contribution in [0.2, 0.25) is 5.02 Å². The van der Waals surface area contributed by atoms with Gasteiger partial charge >= 0.3 is 0 Å². The normalized spacial score (nSPS) is 12.7. The van der Waals surface area contributed by atoms with Crippen molar-refractivity contribution in [3.05, 3.63) is 49.6 Å². The topological polar surface area (TPSA) is 55.9 Å². The van der Waals surface area contributed by atoms with Gasteiger partial charge in [-0.05, 0) is 17.7 Å². The van der Waals surface area contributed by atoms with Crippen molar-refractivity contribution in [3.63, 3.8) is 0 Å². The molecule has 18 heavy (non-hydrogen) atoms. The van der Waals surface area contributed by atoms with E-state index in [1.54, 1.807) is 10.9 Å². The Kier molecular flexibility index (Phi) is 4.45. The molecule has 0 fully saturated rings. The molecule has 1 aromatic carbocycles. The Balaban J connectivity index is 2.52. The molecule has 0 aliphatic carbocycles. The van der Waals surface area contributed by atoms with E-state index in [2.05, 4.69) is 42.4 Å². The minimum atomic E-state index is -0.229. The Labute approximate surface area is 127 Å². The number of nitrogens with two attached hydrogens (primary N) is 1. The fraction of sp³-hybridized carbons (Fsp3) is 0.182. The van der Waals surface area contributed by atoms with Gasteiger partial charge in [-0.2, -0.15) is 5.10 Å². The number of aromatic nitrogens is 2. The van der Waals surface area contributed by atoms with Crippen LogP contribution < -0.4 is 11.3 Å². The second-order valence-corrected chi connectivity index (χ2v) is 5.94. The first-order chi connectivity index (χ1) is 8.54. The van der Waals surface area contributed by atoms with Crippen molar-refractivity contribution < 1.29 is 0 Å². The summed E-state index contributed by atoms with van der Waals surface area (Å²) in [5, 5.41) is 4.70. The summed E-state index contributed by atoms with van der Waals surface area (Å²) in [4.78, 5) is 0. The van der Waals surface area contributed by atoms with Gasteiger partial charge in [0.25, 0.3) is 0 Å². The molecule has 96 valence electrons. The average Bonchev–Trinajstić information content (AvgIpc) is 2.64. The first kappa shape index (κ1) is 14.0. The van der Waals surface area contributed by atoms with Crippen molar-refractivity contribution >= 4 is 43.5 Å². The number of nitrogens with zero attached hydrogens (tertiary/aromatic N) is 2. The Morgan fingerprint density at radius 3 is 2.67 bits per heavy atom. The molecule has 2 rings (SSSR count). The summed E-state index contributed by atoms with van der Waals surface area (Å²) in [5.41, 5.74) is 4.59. The molecule has 0 bridgehead atoms. The van der Waals surface area contributed by atoms with Crippen molar-refractivity contribution in [2.24, 2.45) is 12.9 Å². The molecule has 0 spiro atoms. The molecule has 1 atom stereocenters. The monoisotopic (exact) mass is 392 g/mol. The van der Waals surface area contributed by atoms with Crippen LogP contribution in [0.4, 0.5) is 0 Å². The predicted octanol–water partition coefficient (Wildman–Crippen LogP) is 3.15. The van der Waals surface area contributed by atoms with Crippen LogP contribution in [0.25, 0.3) is 0 Å². The van der Waals surface area contributed by atoms with E-state index in [9.17, 15) is 0 Å². The van der Waals surface area contributed by atoms with E-state index in [-0.39, 0.29) is 6.04 Å². The van der Waals surface area contributed by atoms with Crippen molar-refractivity contribution in [2.45, 2.75) is 6.04 Å². The Bertz CT molecular complexity index is 551. The van der Waals surface area contributed by atoms with Crippen LogP contribution in [0.15, 0.2) is 33.3 Å². The van der Waals surface area contributed by atoms with E-state index in [0.29, 0.717) is 5.02 Å². The van der Waals surface area contributed by atoms with Gasteiger partial charge < -0.3 is 0 Å². The zero-order valence-corrected chi connectivity index (χ0v) is 13.4. The number of hydrazine groups is 1. The summed E-state index contributed by atoms with van der Waals surface area (Å²) in [6.07, 6.45) is 1.61. The van der Waals surface area contributed by atoms with Gasteiger partial charge in [0.1, 0.15) is 0 Å². The molecule has 0 radical (unpaired) electrons. The van der Waals surface area contributed by atoms with Crippen LogP contribution in [0, 0.1) is 0 Å². The summed E-state index contributed by atoms with van der Waals surface area (Å²) in [6, 6.07) is 5.66. The summed E-state index contributed by atoms with van der Waals surface area (Å²) in [5.74, 6) is 5.66. The zero-order chi connectivity index (χ0) is 13.3. The van der Waals surface area contributed by atoms with Crippen LogP contribution in [-0.4, -0.2) is 9.78 Å². The smallest absolute Gasteiger partial charge is 0.0904 e. The quantitative estimate of drug-likeness (QED) is 0.621. The first-order valence-corrected chi connectivity index (χ1v) is 7.09. The van der Waals surface area contributed by atoms with Crippen LogP contribution >= 0.6 is 43.5 Å². The molecule has 1 unspecified atom stereocenters. The molecule has 3 N–H and O–H groups in total. The number of hydrogen-bond donors (Lipinski definition) is 2. The van der Waals surface area contributed by atoms with E-state index < -0.39 is 0 Å². The fourth-order valence-electron chi connectivity index (χ4n) is 1.80. The minimum absolute atomic E-state index is 0.229. The molecule has 0 amide bonds. The average molecular weight is 394 g/mol. The summed E-state index contributed by atoms with van der Waals surface area (Å²) < 4.78 is 3.64. The maximum absolute atomic E-state index is 6.15. The van der Waals surface area contributed by atoms with Gasteiger partial charge in [-0.15, -0.1) is 0 Å². The summed E-state index contributed by atoms with van der Waals surface area (Å²) in [6.45, 7) is 0. The third-order valence-electron chi connectivity index (χ3n) is 2.65. The Morgan fingerprint density at radius 2 is 2.17 bits per heavy atom. The molecular weight excluding hydrogens is 383 g/mol. The summed E-state index contributed by atoms with van der Waals surface area (Å²) in [7, 11) is 1.83. The molecular formula is C11H11Br2ClN4. The van der Waals surface area contributed by atoms with Crippen molar-refractivity contribution in [2.75, 3.05) is 0 Å². The molecule has 2 aromatic rings. The lowest BCUT2D eigenvalue weighted by molar-refractivity contribution is 0.573. The maximum Gasteiger partial charge on any atom is 0.0904 e. The summed E-state index contributed by atoms with van der Waals surface area (Å²) >= 11 is 13.1. The van der Waals surface area contributed by atoms with Crippen LogP contribution in [0.3, 0.4) is 0 Å². The Hall–Kier alpha value is -0.400. The Morgan fingerprint density at radius 1 is 1.44 bits per heavy atom. The van der Waals surface area contributed by atoms with E-state index in [4.69, 9.17) is 17.4 Å². The van der Waals surface area contributed by atoms with E-state index in [0.717, 1.165) is 20.2 Å². The molecule has 0 saturated heterocycles. The highest BCUT2D eigenvalue weighted by molar-refractivity contribution is 9.11. The minimum Gasteiger partial charge on any atom is -0.271 e. The third kappa shape index (κ3) is 2.62. The first-order valence-electron chi connectivity index (χ1n) is 5.13. The van der Waals surface area contributed by atoms with Gasteiger partial charge in [0.05, 0.1) is 23.0 Å². The molecule has 7 heteroatoms. The zero-order valence-electron chi connectivity index (χ0n) is 9.49. The van der Waals surface area contributed by atoms with E-state index in [1.165, 1.54) is 0 Å². The number of benzene rings is 1. The lowest BCUT2D eigenvalue weighted by atomic mass is 10.0.